The number of anilines is 1. The molecule has 0 bridgehead atoms. The number of hydrogen-bond acceptors (Lipinski definition) is 2. The van der Waals surface area contributed by atoms with Crippen LogP contribution < -0.4 is 5.32 Å². The van der Waals surface area contributed by atoms with Gasteiger partial charge in [-0.3, -0.25) is 0 Å². The third-order valence-electron chi connectivity index (χ3n) is 3.03. The van der Waals surface area contributed by atoms with Gasteiger partial charge in [-0.25, -0.2) is 0 Å². The zero-order chi connectivity index (χ0) is 12.0. The van der Waals surface area contributed by atoms with E-state index in [2.05, 4.69) is 36.5 Å². The monoisotopic (exact) mass is 221 g/mol. The summed E-state index contributed by atoms with van der Waals surface area (Å²) in [5, 5.41) is 3.40. The van der Waals surface area contributed by atoms with Crippen LogP contribution in [0, 0.1) is 0 Å². The number of methoxy groups -OCH3 is 1. The molecule has 0 aliphatic carbocycles. The van der Waals surface area contributed by atoms with E-state index in [1.807, 2.05) is 13.8 Å². The van der Waals surface area contributed by atoms with E-state index in [-0.39, 0.29) is 5.60 Å². The quantitative estimate of drug-likeness (QED) is 0.838. The van der Waals surface area contributed by atoms with Gasteiger partial charge in [0.15, 0.2) is 0 Å². The minimum atomic E-state index is -0.0919. The van der Waals surface area contributed by atoms with Gasteiger partial charge in [0.1, 0.15) is 5.60 Å². The molecule has 0 fully saturated rings. The molecule has 16 heavy (non-hydrogen) atoms. The van der Waals surface area contributed by atoms with Crippen LogP contribution >= 0.6 is 0 Å². The Kier molecular flexibility index (Phi) is 4.81. The lowest BCUT2D eigenvalue weighted by Crippen LogP contribution is -2.30. The summed E-state index contributed by atoms with van der Waals surface area (Å²) < 4.78 is 5.70. The third-order valence-corrected chi connectivity index (χ3v) is 3.03. The Morgan fingerprint density at radius 2 is 2.00 bits per heavy atom. The van der Waals surface area contributed by atoms with Crippen LogP contribution in [0.25, 0.3) is 0 Å². The van der Waals surface area contributed by atoms with Crippen LogP contribution in [0.2, 0.25) is 0 Å². The van der Waals surface area contributed by atoms with E-state index >= 15 is 0 Å². The molecule has 2 heteroatoms. The van der Waals surface area contributed by atoms with E-state index in [1.165, 1.54) is 11.3 Å². The van der Waals surface area contributed by atoms with E-state index in [0.717, 1.165) is 19.4 Å². The molecule has 0 radical (unpaired) electrons. The fourth-order valence-corrected chi connectivity index (χ4v) is 2.28. The third kappa shape index (κ3) is 2.22. The van der Waals surface area contributed by atoms with Crippen molar-refractivity contribution in [2.75, 3.05) is 19.0 Å². The van der Waals surface area contributed by atoms with E-state index in [4.69, 9.17) is 4.74 Å². The SMILES string of the molecule is CC.CCCC1(OC)CNc2ccccc21. The van der Waals surface area contributed by atoms with E-state index in [1.54, 1.807) is 7.11 Å². The molecule has 0 spiro atoms. The summed E-state index contributed by atoms with van der Waals surface area (Å²) in [6.07, 6.45) is 2.22. The molecule has 0 amide bonds. The first-order valence-corrected chi connectivity index (χ1v) is 6.21. The van der Waals surface area contributed by atoms with Crippen molar-refractivity contribution >= 4 is 5.69 Å². The van der Waals surface area contributed by atoms with Crippen LogP contribution in [0.15, 0.2) is 24.3 Å². The lowest BCUT2D eigenvalue weighted by atomic mass is 9.91. The van der Waals surface area contributed by atoms with Gasteiger partial charge in [0.05, 0.1) is 0 Å². The van der Waals surface area contributed by atoms with Crippen molar-refractivity contribution in [1.29, 1.82) is 0 Å². The lowest BCUT2D eigenvalue weighted by Gasteiger charge is -2.27. The van der Waals surface area contributed by atoms with Gasteiger partial charge in [-0.15, -0.1) is 0 Å². The molecule has 1 aromatic rings. The Morgan fingerprint density at radius 1 is 1.31 bits per heavy atom. The smallest absolute Gasteiger partial charge is 0.112 e. The lowest BCUT2D eigenvalue weighted by molar-refractivity contribution is -0.00515. The van der Waals surface area contributed by atoms with Gasteiger partial charge < -0.3 is 10.1 Å². The maximum absolute atomic E-state index is 5.70. The van der Waals surface area contributed by atoms with Crippen molar-refractivity contribution in [3.63, 3.8) is 0 Å². The molecule has 1 aliphatic rings. The normalized spacial score (nSPS) is 21.8. The van der Waals surface area contributed by atoms with Gasteiger partial charge in [0, 0.05) is 24.9 Å². The molecule has 1 atom stereocenters. The van der Waals surface area contributed by atoms with E-state index in [0.29, 0.717) is 0 Å². The van der Waals surface area contributed by atoms with E-state index < -0.39 is 0 Å². The summed E-state index contributed by atoms with van der Waals surface area (Å²) in [5.74, 6) is 0. The molecule has 0 saturated carbocycles. The van der Waals surface area contributed by atoms with Crippen LogP contribution in [0.5, 0.6) is 0 Å². The summed E-state index contributed by atoms with van der Waals surface area (Å²) in [7, 11) is 1.80. The largest absolute Gasteiger partial charge is 0.381 e. The Labute approximate surface area is 99.0 Å². The van der Waals surface area contributed by atoms with Crippen molar-refractivity contribution < 1.29 is 4.74 Å². The minimum absolute atomic E-state index is 0.0919. The Hall–Kier alpha value is -1.02. The summed E-state index contributed by atoms with van der Waals surface area (Å²) in [5.41, 5.74) is 2.44. The van der Waals surface area contributed by atoms with Crippen molar-refractivity contribution in [2.24, 2.45) is 0 Å². The fourth-order valence-electron chi connectivity index (χ4n) is 2.28. The topological polar surface area (TPSA) is 21.3 Å². The number of ether oxygens (including phenoxy) is 1. The molecular formula is C14H23NO. The van der Waals surface area contributed by atoms with Gasteiger partial charge in [-0.05, 0) is 12.5 Å². The van der Waals surface area contributed by atoms with Gasteiger partial charge in [-0.2, -0.15) is 0 Å². The first kappa shape index (κ1) is 13.0. The highest BCUT2D eigenvalue weighted by Crippen LogP contribution is 2.40. The van der Waals surface area contributed by atoms with Crippen LogP contribution in [-0.4, -0.2) is 13.7 Å². The molecule has 0 saturated heterocycles. The van der Waals surface area contributed by atoms with Crippen molar-refractivity contribution in [2.45, 2.75) is 39.2 Å². The van der Waals surface area contributed by atoms with Crippen LogP contribution in [-0.2, 0) is 10.3 Å². The molecule has 1 aromatic carbocycles. The van der Waals surface area contributed by atoms with Gasteiger partial charge in [0.25, 0.3) is 0 Å². The standard InChI is InChI=1S/C12H17NO.C2H6/c1-3-8-12(14-2)9-13-11-7-5-4-6-10(11)12;1-2/h4-7,13H,3,8-9H2,1-2H3;1-2H3. The van der Waals surface area contributed by atoms with E-state index in [9.17, 15) is 0 Å². The molecule has 1 aliphatic heterocycles. The summed E-state index contributed by atoms with van der Waals surface area (Å²) >= 11 is 0. The van der Waals surface area contributed by atoms with Gasteiger partial charge in [-0.1, -0.05) is 45.4 Å². The van der Waals surface area contributed by atoms with Crippen LogP contribution in [0.3, 0.4) is 0 Å². The van der Waals surface area contributed by atoms with Crippen molar-refractivity contribution in [3.8, 4) is 0 Å². The molecule has 90 valence electrons. The number of benzene rings is 1. The molecule has 1 heterocycles. The number of hydrogen-bond donors (Lipinski definition) is 1. The maximum atomic E-state index is 5.70. The highest BCUT2D eigenvalue weighted by atomic mass is 16.5. The predicted molar refractivity (Wildman–Crippen MR) is 69.9 cm³/mol. The van der Waals surface area contributed by atoms with Gasteiger partial charge >= 0.3 is 0 Å². The molecule has 1 N–H and O–H groups in total. The second-order valence-corrected chi connectivity index (χ2v) is 3.85. The highest BCUT2D eigenvalue weighted by molar-refractivity contribution is 5.59. The predicted octanol–water partition coefficient (Wildman–Crippen LogP) is 3.78. The van der Waals surface area contributed by atoms with Crippen LogP contribution in [0.4, 0.5) is 5.69 Å². The number of para-hydroxylation sites is 1. The zero-order valence-electron chi connectivity index (χ0n) is 10.8. The summed E-state index contributed by atoms with van der Waals surface area (Å²) in [6, 6.07) is 8.42. The molecule has 1 unspecified atom stereocenters. The Bertz CT molecular complexity index is 320. The van der Waals surface area contributed by atoms with Crippen molar-refractivity contribution in [3.05, 3.63) is 29.8 Å². The minimum Gasteiger partial charge on any atom is -0.381 e. The first-order chi connectivity index (χ1) is 7.82. The average molecular weight is 221 g/mol. The molecular weight excluding hydrogens is 198 g/mol. The van der Waals surface area contributed by atoms with Crippen molar-refractivity contribution in [1.82, 2.24) is 0 Å². The molecule has 0 aromatic heterocycles. The van der Waals surface area contributed by atoms with Gasteiger partial charge in [0.2, 0.25) is 0 Å². The zero-order valence-corrected chi connectivity index (χ0v) is 10.8. The fraction of sp³-hybridized carbons (Fsp3) is 0.571. The second-order valence-electron chi connectivity index (χ2n) is 3.85. The maximum Gasteiger partial charge on any atom is 0.112 e. The Balaban J connectivity index is 0.000000606. The average Bonchev–Trinajstić information content (AvgIpc) is 2.73. The first-order valence-electron chi connectivity index (χ1n) is 6.21. The Morgan fingerprint density at radius 3 is 2.62 bits per heavy atom. The summed E-state index contributed by atoms with van der Waals surface area (Å²) in [4.78, 5) is 0. The molecule has 2 rings (SSSR count). The number of nitrogens with one attached hydrogen (secondary N) is 1. The van der Waals surface area contributed by atoms with Crippen LogP contribution in [0.1, 0.15) is 39.2 Å². The summed E-state index contributed by atoms with van der Waals surface area (Å²) in [6.45, 7) is 7.10. The molecule has 2 nitrogen and oxygen atoms in total. The number of rotatable bonds is 3. The number of fused-ring (bicyclic) bond motifs is 1. The second kappa shape index (κ2) is 5.90. The highest BCUT2D eigenvalue weighted by Gasteiger charge is 2.37.